The summed E-state index contributed by atoms with van der Waals surface area (Å²) in [6, 6.07) is 8.59. The Kier molecular flexibility index (Phi) is 5.10. The van der Waals surface area contributed by atoms with E-state index >= 15 is 0 Å². The third-order valence-corrected chi connectivity index (χ3v) is 3.62. The molecule has 108 valence electrons. The number of nitrogens with zero attached hydrogens (tertiary/aromatic N) is 1. The number of methoxy groups -OCH3 is 1. The van der Waals surface area contributed by atoms with Crippen LogP contribution in [0.15, 0.2) is 36.7 Å². The minimum Gasteiger partial charge on any atom is -0.385 e. The first kappa shape index (κ1) is 14.9. The Morgan fingerprint density at radius 3 is 2.85 bits per heavy atom. The molecule has 0 fully saturated rings. The fourth-order valence-corrected chi connectivity index (χ4v) is 2.25. The van der Waals surface area contributed by atoms with Crippen molar-refractivity contribution in [3.05, 3.63) is 42.2 Å². The van der Waals surface area contributed by atoms with E-state index in [2.05, 4.69) is 48.4 Å². The monoisotopic (exact) mass is 272 g/mol. The normalized spacial score (nSPS) is 11.9. The lowest BCUT2D eigenvalue weighted by atomic mass is 9.89. The number of rotatable bonds is 7. The minimum absolute atomic E-state index is 0.261. The quantitative estimate of drug-likeness (QED) is 0.839. The second-order valence-corrected chi connectivity index (χ2v) is 6.07. The highest BCUT2D eigenvalue weighted by molar-refractivity contribution is 5.81. The van der Waals surface area contributed by atoms with Crippen LogP contribution in [-0.4, -0.2) is 25.2 Å². The standard InChI is InChI=1S/C17H24N2O/c1-17(2,7-9-20-3)13-19-11-14-4-5-16-12-18-8-6-15(16)10-14/h4-6,8,10,12,19H,7,9,11,13H2,1-3H3. The molecule has 0 amide bonds. The molecule has 0 unspecified atom stereocenters. The summed E-state index contributed by atoms with van der Waals surface area (Å²) in [6.07, 6.45) is 4.81. The first-order chi connectivity index (χ1) is 9.61. The highest BCUT2D eigenvalue weighted by Gasteiger charge is 2.16. The molecule has 0 spiro atoms. The average Bonchev–Trinajstić information content (AvgIpc) is 2.45. The Bertz CT molecular complexity index is 551. The first-order valence-corrected chi connectivity index (χ1v) is 7.13. The highest BCUT2D eigenvalue weighted by Crippen LogP contribution is 2.19. The van der Waals surface area contributed by atoms with Gasteiger partial charge in [0.05, 0.1) is 0 Å². The van der Waals surface area contributed by atoms with Gasteiger partial charge in [-0.1, -0.05) is 26.0 Å². The molecule has 0 aliphatic heterocycles. The molecule has 3 heteroatoms. The van der Waals surface area contributed by atoms with Crippen molar-refractivity contribution in [2.45, 2.75) is 26.8 Å². The molecule has 20 heavy (non-hydrogen) atoms. The number of benzene rings is 1. The summed E-state index contributed by atoms with van der Waals surface area (Å²) in [4.78, 5) is 4.14. The molecular formula is C17H24N2O. The Labute approximate surface area is 121 Å². The van der Waals surface area contributed by atoms with E-state index in [9.17, 15) is 0 Å². The van der Waals surface area contributed by atoms with Crippen molar-refractivity contribution < 1.29 is 4.74 Å². The summed E-state index contributed by atoms with van der Waals surface area (Å²) < 4.78 is 5.16. The van der Waals surface area contributed by atoms with Gasteiger partial charge >= 0.3 is 0 Å². The van der Waals surface area contributed by atoms with Crippen LogP contribution >= 0.6 is 0 Å². The second kappa shape index (κ2) is 6.82. The summed E-state index contributed by atoms with van der Waals surface area (Å²) in [6.45, 7) is 7.24. The van der Waals surface area contributed by atoms with Crippen LogP contribution in [0, 0.1) is 5.41 Å². The molecule has 3 nitrogen and oxygen atoms in total. The SMILES string of the molecule is COCCC(C)(C)CNCc1ccc2cnccc2c1. The van der Waals surface area contributed by atoms with Crippen molar-refractivity contribution in [3.63, 3.8) is 0 Å². The molecule has 1 heterocycles. The lowest BCUT2D eigenvalue weighted by Gasteiger charge is -2.24. The predicted molar refractivity (Wildman–Crippen MR) is 83.7 cm³/mol. The van der Waals surface area contributed by atoms with E-state index in [1.165, 1.54) is 16.3 Å². The molecular weight excluding hydrogens is 248 g/mol. The van der Waals surface area contributed by atoms with Crippen LogP contribution in [0.25, 0.3) is 10.8 Å². The van der Waals surface area contributed by atoms with Gasteiger partial charge in [-0.25, -0.2) is 0 Å². The van der Waals surface area contributed by atoms with Gasteiger partial charge in [0.15, 0.2) is 0 Å². The Morgan fingerprint density at radius 2 is 2.05 bits per heavy atom. The van der Waals surface area contributed by atoms with Gasteiger partial charge in [-0.05, 0) is 34.9 Å². The van der Waals surface area contributed by atoms with Gasteiger partial charge in [0, 0.05) is 44.6 Å². The molecule has 2 aromatic rings. The van der Waals surface area contributed by atoms with E-state index in [0.717, 1.165) is 26.1 Å². The maximum atomic E-state index is 5.16. The Hall–Kier alpha value is -1.45. The van der Waals surface area contributed by atoms with Gasteiger partial charge in [0.25, 0.3) is 0 Å². The summed E-state index contributed by atoms with van der Waals surface area (Å²) in [7, 11) is 1.76. The zero-order chi connectivity index (χ0) is 14.4. The predicted octanol–water partition coefficient (Wildman–Crippen LogP) is 3.39. The van der Waals surface area contributed by atoms with Crippen molar-refractivity contribution in [2.24, 2.45) is 5.41 Å². The largest absolute Gasteiger partial charge is 0.385 e. The Balaban J connectivity index is 1.89. The maximum absolute atomic E-state index is 5.16. The van der Waals surface area contributed by atoms with Crippen LogP contribution < -0.4 is 5.32 Å². The van der Waals surface area contributed by atoms with Crippen molar-refractivity contribution in [3.8, 4) is 0 Å². The number of hydrogen-bond donors (Lipinski definition) is 1. The number of fused-ring (bicyclic) bond motifs is 1. The molecule has 2 rings (SSSR count). The summed E-state index contributed by atoms with van der Waals surface area (Å²) >= 11 is 0. The molecule has 1 aromatic carbocycles. The van der Waals surface area contributed by atoms with Crippen LogP contribution in [0.2, 0.25) is 0 Å². The molecule has 0 saturated heterocycles. The second-order valence-electron chi connectivity index (χ2n) is 6.07. The van der Waals surface area contributed by atoms with E-state index in [1.807, 2.05) is 12.4 Å². The minimum atomic E-state index is 0.261. The molecule has 0 bridgehead atoms. The Morgan fingerprint density at radius 1 is 1.20 bits per heavy atom. The molecule has 0 saturated carbocycles. The van der Waals surface area contributed by atoms with Crippen LogP contribution in [0.3, 0.4) is 0 Å². The van der Waals surface area contributed by atoms with Crippen LogP contribution in [0.1, 0.15) is 25.8 Å². The molecule has 1 aromatic heterocycles. The fraction of sp³-hybridized carbons (Fsp3) is 0.471. The zero-order valence-electron chi connectivity index (χ0n) is 12.6. The van der Waals surface area contributed by atoms with Gasteiger partial charge in [-0.15, -0.1) is 0 Å². The number of nitrogens with one attached hydrogen (secondary N) is 1. The number of ether oxygens (including phenoxy) is 1. The van der Waals surface area contributed by atoms with Crippen molar-refractivity contribution in [1.82, 2.24) is 10.3 Å². The number of aromatic nitrogens is 1. The van der Waals surface area contributed by atoms with Crippen molar-refractivity contribution in [1.29, 1.82) is 0 Å². The van der Waals surface area contributed by atoms with Crippen LogP contribution in [0.4, 0.5) is 0 Å². The molecule has 1 N–H and O–H groups in total. The van der Waals surface area contributed by atoms with Crippen LogP contribution in [0.5, 0.6) is 0 Å². The molecule has 0 aliphatic carbocycles. The molecule has 0 aliphatic rings. The van der Waals surface area contributed by atoms with Gasteiger partial charge in [-0.2, -0.15) is 0 Å². The van der Waals surface area contributed by atoms with Gasteiger partial charge < -0.3 is 10.1 Å². The number of hydrogen-bond acceptors (Lipinski definition) is 3. The molecule has 0 atom stereocenters. The van der Waals surface area contributed by atoms with Crippen LogP contribution in [-0.2, 0) is 11.3 Å². The fourth-order valence-electron chi connectivity index (χ4n) is 2.25. The van der Waals surface area contributed by atoms with Gasteiger partial charge in [0.2, 0.25) is 0 Å². The van der Waals surface area contributed by atoms with Crippen molar-refractivity contribution >= 4 is 10.8 Å². The summed E-state index contributed by atoms with van der Waals surface area (Å²) in [5.74, 6) is 0. The van der Waals surface area contributed by atoms with Crippen molar-refractivity contribution in [2.75, 3.05) is 20.3 Å². The summed E-state index contributed by atoms with van der Waals surface area (Å²) in [5.41, 5.74) is 1.57. The van der Waals surface area contributed by atoms with E-state index in [4.69, 9.17) is 4.74 Å². The molecule has 0 radical (unpaired) electrons. The smallest absolute Gasteiger partial charge is 0.0467 e. The van der Waals surface area contributed by atoms with E-state index < -0.39 is 0 Å². The average molecular weight is 272 g/mol. The third-order valence-electron chi connectivity index (χ3n) is 3.62. The van der Waals surface area contributed by atoms with E-state index in [1.54, 1.807) is 7.11 Å². The lowest BCUT2D eigenvalue weighted by Crippen LogP contribution is -2.30. The topological polar surface area (TPSA) is 34.1 Å². The first-order valence-electron chi connectivity index (χ1n) is 7.13. The third kappa shape index (κ3) is 4.29. The van der Waals surface area contributed by atoms with E-state index in [-0.39, 0.29) is 5.41 Å². The zero-order valence-corrected chi connectivity index (χ0v) is 12.6. The van der Waals surface area contributed by atoms with Gasteiger partial charge in [0.1, 0.15) is 0 Å². The van der Waals surface area contributed by atoms with Gasteiger partial charge in [-0.3, -0.25) is 4.98 Å². The van der Waals surface area contributed by atoms with E-state index in [0.29, 0.717) is 0 Å². The maximum Gasteiger partial charge on any atom is 0.0467 e. The summed E-state index contributed by atoms with van der Waals surface area (Å²) in [5, 5.41) is 5.98. The lowest BCUT2D eigenvalue weighted by molar-refractivity contribution is 0.150. The highest BCUT2D eigenvalue weighted by atomic mass is 16.5. The number of pyridine rings is 1.